The van der Waals surface area contributed by atoms with E-state index in [9.17, 15) is 35.7 Å². The van der Waals surface area contributed by atoms with Crippen LogP contribution >= 0.6 is 11.8 Å². The smallest absolute Gasteiger partial charge is 0.393 e. The molecule has 2 fully saturated rings. The van der Waals surface area contributed by atoms with E-state index in [0.717, 1.165) is 75.1 Å². The van der Waals surface area contributed by atoms with E-state index in [1.165, 1.54) is 47.0 Å². The number of aliphatic hydroxyl groups excluding tert-OH is 1. The molecule has 63 heavy (non-hydrogen) atoms. The Morgan fingerprint density at radius 1 is 0.984 bits per heavy atom. The van der Waals surface area contributed by atoms with Gasteiger partial charge in [-0.2, -0.15) is 13.2 Å². The summed E-state index contributed by atoms with van der Waals surface area (Å²) in [6.07, 6.45) is 6.81. The van der Waals surface area contributed by atoms with E-state index < -0.39 is 43.2 Å². The van der Waals surface area contributed by atoms with Gasteiger partial charge >= 0.3 is 5.51 Å². The first-order chi connectivity index (χ1) is 29.9. The Labute approximate surface area is 378 Å². The zero-order valence-corrected chi connectivity index (χ0v) is 39.0. The quantitative estimate of drug-likeness (QED) is 0.107. The van der Waals surface area contributed by atoms with Gasteiger partial charge < -0.3 is 20.2 Å². The van der Waals surface area contributed by atoms with Crippen molar-refractivity contribution in [1.82, 2.24) is 14.5 Å². The molecule has 2 heterocycles. The molecule has 10 nitrogen and oxygen atoms in total. The van der Waals surface area contributed by atoms with Gasteiger partial charge in [0.05, 0.1) is 16.7 Å². The van der Waals surface area contributed by atoms with Crippen LogP contribution in [-0.4, -0.2) is 109 Å². The topological polar surface area (TPSA) is 122 Å². The van der Waals surface area contributed by atoms with Crippen molar-refractivity contribution in [3.05, 3.63) is 102 Å². The second kappa shape index (κ2) is 21.5. The van der Waals surface area contributed by atoms with Crippen molar-refractivity contribution in [3.8, 4) is 0 Å². The highest BCUT2D eigenvalue weighted by atomic mass is 32.2. The Morgan fingerprint density at radius 3 is 2.32 bits per heavy atom. The third-order valence-electron chi connectivity index (χ3n) is 12.3. The molecule has 3 N–H and O–H groups in total. The third-order valence-corrected chi connectivity index (χ3v) is 16.1. The lowest BCUT2D eigenvalue weighted by molar-refractivity contribution is -0.0435. The second-order valence-corrected chi connectivity index (χ2v) is 21.9. The number of nitrogens with zero attached hydrogens (tertiary/aromatic N) is 3. The van der Waals surface area contributed by atoms with Crippen LogP contribution in [-0.2, 0) is 20.8 Å². The van der Waals surface area contributed by atoms with Crippen molar-refractivity contribution in [1.29, 1.82) is 0 Å². The molecule has 2 atom stereocenters. The Bertz CT molecular complexity index is 2200. The molecule has 16 heteroatoms. The number of amides is 1. The Hall–Kier alpha value is -3.67. The highest BCUT2D eigenvalue weighted by Gasteiger charge is 2.48. The number of carbonyl (C=O) groups excluding carboxylic acids is 1. The fourth-order valence-corrected chi connectivity index (χ4v) is 11.3. The molecular weight excluding hydrogens is 868 g/mol. The molecule has 0 saturated carbocycles. The molecule has 1 aliphatic carbocycles. The Balaban J connectivity index is 1.10. The minimum Gasteiger partial charge on any atom is -0.393 e. The van der Waals surface area contributed by atoms with Crippen LogP contribution in [0.4, 0.5) is 24.5 Å². The number of carbonyl (C=O) groups is 1. The molecule has 2 unspecified atom stereocenters. The summed E-state index contributed by atoms with van der Waals surface area (Å²) in [6.45, 7) is 17.6. The number of sulfone groups is 1. The lowest BCUT2D eigenvalue weighted by atomic mass is 9.72. The Morgan fingerprint density at radius 2 is 1.67 bits per heavy atom. The molecule has 2 aliphatic heterocycles. The summed E-state index contributed by atoms with van der Waals surface area (Å²) >= 11 is 1.49. The van der Waals surface area contributed by atoms with Gasteiger partial charge in [-0.1, -0.05) is 63.1 Å². The van der Waals surface area contributed by atoms with E-state index in [1.54, 1.807) is 12.1 Å². The van der Waals surface area contributed by atoms with Gasteiger partial charge in [0.25, 0.3) is 15.7 Å². The van der Waals surface area contributed by atoms with Crippen LogP contribution in [0.1, 0.15) is 82.5 Å². The fourth-order valence-electron chi connectivity index (χ4n) is 8.49. The van der Waals surface area contributed by atoms with Crippen LogP contribution in [0.15, 0.2) is 111 Å². The molecule has 0 spiro atoms. The molecule has 3 aromatic carbocycles. The van der Waals surface area contributed by atoms with Crippen molar-refractivity contribution in [2.24, 2.45) is 5.41 Å². The number of rotatable bonds is 18. The highest BCUT2D eigenvalue weighted by molar-refractivity contribution is 7.99. The zero-order chi connectivity index (χ0) is 45.4. The summed E-state index contributed by atoms with van der Waals surface area (Å²) < 4.78 is 84.4. The van der Waals surface area contributed by atoms with Crippen LogP contribution in [0.3, 0.4) is 0 Å². The first kappa shape index (κ1) is 48.8. The monoisotopic (exact) mass is 929 g/mol. The van der Waals surface area contributed by atoms with E-state index >= 15 is 0 Å². The fraction of sp³-hybridized carbons (Fsp3) is 0.511. The number of piperidine rings is 1. The molecule has 344 valence electrons. The number of piperazine rings is 1. The minimum absolute atomic E-state index is 0.195. The maximum Gasteiger partial charge on any atom is 0.501 e. The summed E-state index contributed by atoms with van der Waals surface area (Å²) in [4.78, 5) is 19.8. The highest BCUT2D eigenvalue weighted by Crippen LogP contribution is 2.42. The minimum atomic E-state index is -5.91. The summed E-state index contributed by atoms with van der Waals surface area (Å²) in [5.74, 6) is -0.307. The molecule has 6 rings (SSSR count). The maximum atomic E-state index is 14.2. The number of aliphatic hydroxyl groups is 1. The number of thioether (sulfide) groups is 1. The summed E-state index contributed by atoms with van der Waals surface area (Å²) in [7, 11) is -8.29. The number of nitrogens with one attached hydrogen (secondary N) is 2. The van der Waals surface area contributed by atoms with Crippen molar-refractivity contribution >= 4 is 49.9 Å². The standard InChI is InChI=1S/C47H62F3N5O5S3/c1-5-9-34(2)42-31-46(3,4)22-18-36(42)32-54-26-28-55(29-27-54)38-14-12-35(13-15-38)45(57)52-62(58)41-16-17-43(44(30-41)63(59,60)47(48,49)50)51-37(33-61-40-10-7-6-8-11-40)19-23-53-24-20-39(56)21-25-53/h6-8,10-17,30,37,39,51,56H,2,5,9,18-29,31-33H2,1,3-4H3,(H,52,57). The van der Waals surface area contributed by atoms with E-state index in [4.69, 9.17) is 0 Å². The van der Waals surface area contributed by atoms with Crippen LogP contribution in [0.25, 0.3) is 0 Å². The predicted octanol–water partition coefficient (Wildman–Crippen LogP) is 8.84. The van der Waals surface area contributed by atoms with Crippen LogP contribution < -0.4 is 14.9 Å². The van der Waals surface area contributed by atoms with Gasteiger partial charge in [-0.25, -0.2) is 12.6 Å². The zero-order valence-electron chi connectivity index (χ0n) is 36.6. The van der Waals surface area contributed by atoms with Gasteiger partial charge in [-0.3, -0.25) is 14.4 Å². The summed E-state index contributed by atoms with van der Waals surface area (Å²) in [6, 6.07) is 19.1. The van der Waals surface area contributed by atoms with Gasteiger partial charge in [-0.15, -0.1) is 11.8 Å². The number of hydrogen-bond acceptors (Lipinski definition) is 10. The lowest BCUT2D eigenvalue weighted by Gasteiger charge is -2.39. The third kappa shape index (κ3) is 13.2. The van der Waals surface area contributed by atoms with Crippen molar-refractivity contribution in [3.63, 3.8) is 0 Å². The summed E-state index contributed by atoms with van der Waals surface area (Å²) in [5, 5.41) is 13.0. The number of alkyl halides is 3. The first-order valence-corrected chi connectivity index (χ1v) is 25.5. The molecule has 0 radical (unpaired) electrons. The van der Waals surface area contributed by atoms with E-state index in [0.29, 0.717) is 44.6 Å². The predicted molar refractivity (Wildman–Crippen MR) is 248 cm³/mol. The normalized spacial score (nSPS) is 19.1. The lowest BCUT2D eigenvalue weighted by Crippen LogP contribution is -2.47. The average Bonchev–Trinajstić information content (AvgIpc) is 3.26. The molecule has 3 aliphatic rings. The van der Waals surface area contributed by atoms with Gasteiger partial charge in [0.1, 0.15) is 4.90 Å². The second-order valence-electron chi connectivity index (χ2n) is 17.7. The molecule has 3 aromatic rings. The molecule has 0 bridgehead atoms. The van der Waals surface area contributed by atoms with Crippen LogP contribution in [0.2, 0.25) is 0 Å². The number of halogens is 3. The average molecular weight is 930 g/mol. The van der Waals surface area contributed by atoms with Crippen molar-refractivity contribution in [2.45, 2.75) is 104 Å². The molecular formula is C47H62F3N5O5S3. The van der Waals surface area contributed by atoms with Gasteiger partial charge in [-0.05, 0) is 111 Å². The van der Waals surface area contributed by atoms with Crippen LogP contribution in [0.5, 0.6) is 0 Å². The molecule has 1 amide bonds. The van der Waals surface area contributed by atoms with E-state index in [-0.39, 0.29) is 27.7 Å². The van der Waals surface area contributed by atoms with Gasteiger partial charge in [0.2, 0.25) is 0 Å². The molecule has 2 saturated heterocycles. The SMILES string of the molecule is C=C(CCC)C1=C(CN2CCN(c3ccc(C(=O)NS(=O)c4ccc(NC(CCN5CCC(O)CC5)CSc5ccccc5)c(S(=O)(=O)C(F)(F)F)c4)cc3)CC2)CCC(C)(C)C1. The number of anilines is 2. The van der Waals surface area contributed by atoms with Crippen molar-refractivity contribution < 1.29 is 35.7 Å². The van der Waals surface area contributed by atoms with Gasteiger partial charge in [0, 0.05) is 80.3 Å². The number of likely N-dealkylation sites (tertiary alicyclic amines) is 1. The largest absolute Gasteiger partial charge is 0.501 e. The Kier molecular flexibility index (Phi) is 16.7. The van der Waals surface area contributed by atoms with E-state index in [2.05, 4.69) is 52.1 Å². The number of hydrogen-bond donors (Lipinski definition) is 3. The van der Waals surface area contributed by atoms with Gasteiger partial charge in [0.15, 0.2) is 11.0 Å². The van der Waals surface area contributed by atoms with Crippen LogP contribution in [0, 0.1) is 5.41 Å². The first-order valence-electron chi connectivity index (χ1n) is 21.9. The number of allylic oxidation sites excluding steroid dienone is 2. The molecule has 0 aromatic heterocycles. The summed E-state index contributed by atoms with van der Waals surface area (Å²) in [5.41, 5.74) is -0.243. The van der Waals surface area contributed by atoms with E-state index in [1.807, 2.05) is 42.5 Å². The maximum absolute atomic E-state index is 14.2. The number of benzene rings is 3. The van der Waals surface area contributed by atoms with Crippen molar-refractivity contribution in [2.75, 3.05) is 68.3 Å².